The molecule has 0 unspecified atom stereocenters. The Morgan fingerprint density at radius 1 is 1.19 bits per heavy atom. The molecule has 0 fully saturated rings. The van der Waals surface area contributed by atoms with Crippen LogP contribution in [0, 0.1) is 10.1 Å². The summed E-state index contributed by atoms with van der Waals surface area (Å²) in [5.74, 6) is -0.606. The molecular formula is C17H11N3O5S. The van der Waals surface area contributed by atoms with Crippen molar-refractivity contribution in [2.45, 2.75) is 6.54 Å². The van der Waals surface area contributed by atoms with Gasteiger partial charge in [-0.1, -0.05) is 23.5 Å². The van der Waals surface area contributed by atoms with Crippen LogP contribution in [0.5, 0.6) is 0 Å². The Labute approximate surface area is 150 Å². The normalized spacial score (nSPS) is 10.9. The first-order chi connectivity index (χ1) is 12.6. The maximum atomic E-state index is 12.9. The molecule has 0 bridgehead atoms. The molecular weight excluding hydrogens is 358 g/mol. The molecule has 0 aliphatic rings. The van der Waals surface area contributed by atoms with Gasteiger partial charge in [0.05, 0.1) is 29.1 Å². The quantitative estimate of drug-likeness (QED) is 0.385. The molecule has 0 atom stereocenters. The highest BCUT2D eigenvalue weighted by Gasteiger charge is 2.27. The zero-order valence-corrected chi connectivity index (χ0v) is 14.0. The van der Waals surface area contributed by atoms with Gasteiger partial charge >= 0.3 is 5.88 Å². The number of nitrogens with zero attached hydrogens (tertiary/aromatic N) is 3. The minimum Gasteiger partial charge on any atom is -0.467 e. The van der Waals surface area contributed by atoms with E-state index in [0.717, 1.165) is 16.3 Å². The molecule has 0 N–H and O–H groups in total. The zero-order valence-electron chi connectivity index (χ0n) is 13.2. The molecule has 4 aromatic rings. The van der Waals surface area contributed by atoms with Crippen molar-refractivity contribution in [3.8, 4) is 0 Å². The number of rotatable bonds is 5. The zero-order chi connectivity index (χ0) is 18.1. The summed E-state index contributed by atoms with van der Waals surface area (Å²) in [7, 11) is 0. The number of carbonyl (C=O) groups excluding carboxylic acids is 1. The van der Waals surface area contributed by atoms with E-state index in [1.54, 1.807) is 12.1 Å². The van der Waals surface area contributed by atoms with Gasteiger partial charge in [0.15, 0.2) is 10.9 Å². The number of hydrogen-bond donors (Lipinski definition) is 0. The average Bonchev–Trinajstić information content (AvgIpc) is 3.38. The first kappa shape index (κ1) is 16.0. The fraction of sp³-hybridized carbons (Fsp3) is 0.0588. The van der Waals surface area contributed by atoms with Crippen molar-refractivity contribution in [2.75, 3.05) is 4.90 Å². The van der Waals surface area contributed by atoms with Crippen molar-refractivity contribution in [1.82, 2.24) is 4.98 Å². The molecule has 0 spiro atoms. The average molecular weight is 369 g/mol. The van der Waals surface area contributed by atoms with E-state index in [9.17, 15) is 14.9 Å². The minimum atomic E-state index is -0.689. The third-order valence-electron chi connectivity index (χ3n) is 3.64. The smallest absolute Gasteiger partial charge is 0.433 e. The lowest BCUT2D eigenvalue weighted by molar-refractivity contribution is -0.402. The van der Waals surface area contributed by atoms with Gasteiger partial charge < -0.3 is 8.83 Å². The second kappa shape index (κ2) is 6.45. The lowest BCUT2D eigenvalue weighted by Gasteiger charge is -2.17. The maximum absolute atomic E-state index is 12.9. The predicted octanol–water partition coefficient (Wildman–Crippen LogP) is 4.24. The summed E-state index contributed by atoms with van der Waals surface area (Å²) >= 11 is 1.34. The number of nitro groups is 1. The van der Waals surface area contributed by atoms with Crippen LogP contribution in [0.4, 0.5) is 11.0 Å². The van der Waals surface area contributed by atoms with Crippen LogP contribution < -0.4 is 4.90 Å². The molecule has 0 aliphatic carbocycles. The molecule has 0 saturated heterocycles. The Bertz CT molecular complexity index is 1050. The van der Waals surface area contributed by atoms with Crippen LogP contribution in [0.2, 0.25) is 0 Å². The van der Waals surface area contributed by atoms with Gasteiger partial charge in [-0.05, 0) is 30.3 Å². The molecule has 1 aromatic carbocycles. The molecule has 0 aliphatic heterocycles. The lowest BCUT2D eigenvalue weighted by atomic mass is 10.3. The number of hydrogen-bond acceptors (Lipinski definition) is 7. The van der Waals surface area contributed by atoms with Crippen LogP contribution in [0.1, 0.15) is 16.3 Å². The third kappa shape index (κ3) is 2.95. The van der Waals surface area contributed by atoms with Crippen LogP contribution in [0.15, 0.2) is 63.6 Å². The largest absolute Gasteiger partial charge is 0.467 e. The number of thiazole rings is 1. The number of furan rings is 2. The number of para-hydroxylation sites is 1. The SMILES string of the molecule is O=C(c1ccc([N+](=O)[O-])o1)N(Cc1ccco1)c1nc2ccccc2s1. The Hall–Kier alpha value is -3.46. The van der Waals surface area contributed by atoms with E-state index in [2.05, 4.69) is 4.98 Å². The van der Waals surface area contributed by atoms with E-state index in [0.29, 0.717) is 10.9 Å². The van der Waals surface area contributed by atoms with Gasteiger partial charge in [0.25, 0.3) is 5.91 Å². The molecule has 26 heavy (non-hydrogen) atoms. The number of aromatic nitrogens is 1. The lowest BCUT2D eigenvalue weighted by Crippen LogP contribution is -2.29. The summed E-state index contributed by atoms with van der Waals surface area (Å²) in [4.78, 5) is 28.9. The highest BCUT2D eigenvalue weighted by molar-refractivity contribution is 7.22. The van der Waals surface area contributed by atoms with Crippen molar-refractivity contribution < 1.29 is 18.6 Å². The van der Waals surface area contributed by atoms with Crippen molar-refractivity contribution >= 4 is 38.5 Å². The first-order valence-corrected chi connectivity index (χ1v) is 8.37. The van der Waals surface area contributed by atoms with E-state index in [1.165, 1.54) is 28.6 Å². The van der Waals surface area contributed by atoms with E-state index < -0.39 is 16.7 Å². The Balaban J connectivity index is 1.74. The summed E-state index contributed by atoms with van der Waals surface area (Å²) in [5.41, 5.74) is 0.759. The third-order valence-corrected chi connectivity index (χ3v) is 4.69. The summed E-state index contributed by atoms with van der Waals surface area (Å²) in [5, 5.41) is 11.3. The topological polar surface area (TPSA) is 103 Å². The van der Waals surface area contributed by atoms with Crippen LogP contribution in [-0.4, -0.2) is 15.8 Å². The number of carbonyl (C=O) groups is 1. The monoisotopic (exact) mass is 369 g/mol. The summed E-state index contributed by atoms with van der Waals surface area (Å²) in [6.45, 7) is 0.125. The molecule has 4 rings (SSSR count). The van der Waals surface area contributed by atoms with Crippen molar-refractivity contribution in [1.29, 1.82) is 0 Å². The molecule has 0 radical (unpaired) electrons. The van der Waals surface area contributed by atoms with Gasteiger partial charge in [0.1, 0.15) is 10.7 Å². The number of anilines is 1. The number of fused-ring (bicyclic) bond motifs is 1. The Morgan fingerprint density at radius 2 is 2.04 bits per heavy atom. The van der Waals surface area contributed by atoms with Crippen molar-refractivity contribution in [3.63, 3.8) is 0 Å². The molecule has 130 valence electrons. The van der Waals surface area contributed by atoms with Crippen LogP contribution >= 0.6 is 11.3 Å². The van der Waals surface area contributed by atoms with Gasteiger partial charge in [-0.2, -0.15) is 0 Å². The van der Waals surface area contributed by atoms with E-state index >= 15 is 0 Å². The number of benzene rings is 1. The molecule has 3 aromatic heterocycles. The Morgan fingerprint density at radius 3 is 2.73 bits per heavy atom. The van der Waals surface area contributed by atoms with E-state index in [1.807, 2.05) is 24.3 Å². The van der Waals surface area contributed by atoms with Gasteiger partial charge in [0, 0.05) is 0 Å². The maximum Gasteiger partial charge on any atom is 0.433 e. The van der Waals surface area contributed by atoms with Gasteiger partial charge in [-0.15, -0.1) is 0 Å². The van der Waals surface area contributed by atoms with Crippen LogP contribution in [0.25, 0.3) is 10.2 Å². The van der Waals surface area contributed by atoms with Gasteiger partial charge in [-0.25, -0.2) is 4.98 Å². The second-order valence-electron chi connectivity index (χ2n) is 5.33. The fourth-order valence-corrected chi connectivity index (χ4v) is 3.40. The predicted molar refractivity (Wildman–Crippen MR) is 94.2 cm³/mol. The number of amides is 1. The van der Waals surface area contributed by atoms with Crippen molar-refractivity contribution in [2.24, 2.45) is 0 Å². The summed E-state index contributed by atoms with van der Waals surface area (Å²) in [6.07, 6.45) is 1.51. The molecule has 0 saturated carbocycles. The molecule has 9 heteroatoms. The molecule has 1 amide bonds. The van der Waals surface area contributed by atoms with Crippen molar-refractivity contribution in [3.05, 3.63) is 76.4 Å². The highest BCUT2D eigenvalue weighted by atomic mass is 32.1. The van der Waals surface area contributed by atoms with Crippen LogP contribution in [0.3, 0.4) is 0 Å². The Kier molecular flexibility index (Phi) is 3.98. The molecule has 3 heterocycles. The summed E-state index contributed by atoms with van der Waals surface area (Å²) in [6, 6.07) is 13.4. The van der Waals surface area contributed by atoms with E-state index in [4.69, 9.17) is 8.83 Å². The second-order valence-corrected chi connectivity index (χ2v) is 6.34. The van der Waals surface area contributed by atoms with E-state index in [-0.39, 0.29) is 12.3 Å². The van der Waals surface area contributed by atoms with Gasteiger partial charge in [-0.3, -0.25) is 19.8 Å². The summed E-state index contributed by atoms with van der Waals surface area (Å²) < 4.78 is 11.3. The van der Waals surface area contributed by atoms with Gasteiger partial charge in [0.2, 0.25) is 0 Å². The first-order valence-electron chi connectivity index (χ1n) is 7.56. The highest BCUT2D eigenvalue weighted by Crippen LogP contribution is 2.31. The standard InChI is InChI=1S/C17H11N3O5S/c21-16(13-7-8-15(25-13)20(22)23)19(10-11-4-3-9-24-11)17-18-12-5-1-2-6-14(12)26-17/h1-9H,10H2. The fourth-order valence-electron chi connectivity index (χ4n) is 2.43. The molecule has 8 nitrogen and oxygen atoms in total. The minimum absolute atomic E-state index is 0.125. The van der Waals surface area contributed by atoms with Crippen LogP contribution in [-0.2, 0) is 6.54 Å².